The molecule has 4 rings (SSSR count). The highest BCUT2D eigenvalue weighted by molar-refractivity contribution is 6.01. The van der Waals surface area contributed by atoms with E-state index in [1.165, 1.54) is 5.56 Å². The van der Waals surface area contributed by atoms with Gasteiger partial charge in [0.2, 0.25) is 0 Å². The maximum absolute atomic E-state index is 5.69. The molecule has 0 spiro atoms. The summed E-state index contributed by atoms with van der Waals surface area (Å²) in [4.78, 5) is 5.69. The molecule has 0 atom stereocenters. The standard InChI is InChI=1S/C28H28N2O2/c1-20-13-15-23(16-14-20)19-32-29-21(2)27-18-28(24-9-6-5-7-10-24)30(22(27)3)25-11-8-12-26(17-25)31-4/h5-18H,19H2,1-4H3/b29-21-. The van der Waals surface area contributed by atoms with Crippen molar-refractivity contribution < 1.29 is 9.57 Å². The van der Waals surface area contributed by atoms with Crippen molar-refractivity contribution in [3.63, 3.8) is 0 Å². The number of methoxy groups -OCH3 is 1. The normalized spacial score (nSPS) is 11.4. The Hall–Kier alpha value is -3.79. The molecule has 0 bridgehead atoms. The van der Waals surface area contributed by atoms with E-state index >= 15 is 0 Å². The van der Waals surface area contributed by atoms with E-state index in [1.54, 1.807) is 7.11 Å². The Bertz CT molecular complexity index is 1220. The van der Waals surface area contributed by atoms with Gasteiger partial charge in [0.05, 0.1) is 18.5 Å². The first kappa shape index (κ1) is 21.4. The molecule has 4 nitrogen and oxygen atoms in total. The molecule has 4 aromatic rings. The van der Waals surface area contributed by atoms with Crippen LogP contribution >= 0.6 is 0 Å². The number of nitrogens with zero attached hydrogens (tertiary/aromatic N) is 2. The van der Waals surface area contributed by atoms with Gasteiger partial charge >= 0.3 is 0 Å². The van der Waals surface area contributed by atoms with Crippen molar-refractivity contribution in [2.75, 3.05) is 7.11 Å². The van der Waals surface area contributed by atoms with Gasteiger partial charge < -0.3 is 14.1 Å². The number of aromatic nitrogens is 1. The van der Waals surface area contributed by atoms with E-state index in [0.717, 1.165) is 45.2 Å². The van der Waals surface area contributed by atoms with Crippen LogP contribution in [-0.2, 0) is 11.4 Å². The van der Waals surface area contributed by atoms with Crippen LogP contribution in [-0.4, -0.2) is 17.4 Å². The van der Waals surface area contributed by atoms with E-state index in [1.807, 2.05) is 31.2 Å². The number of hydrogen-bond donors (Lipinski definition) is 0. The van der Waals surface area contributed by atoms with Gasteiger partial charge in [0.15, 0.2) is 0 Å². The van der Waals surface area contributed by atoms with Gasteiger partial charge in [-0.3, -0.25) is 0 Å². The summed E-state index contributed by atoms with van der Waals surface area (Å²) in [5, 5.41) is 4.43. The van der Waals surface area contributed by atoms with Gasteiger partial charge in [0.25, 0.3) is 0 Å². The summed E-state index contributed by atoms with van der Waals surface area (Å²) in [6, 6.07) is 29.0. The van der Waals surface area contributed by atoms with Crippen molar-refractivity contribution in [2.24, 2.45) is 5.16 Å². The SMILES string of the molecule is COc1cccc(-n2c(-c3ccccc3)cc(/C(C)=N\OCc3ccc(C)cc3)c2C)c1. The molecule has 0 radical (unpaired) electrons. The summed E-state index contributed by atoms with van der Waals surface area (Å²) < 4.78 is 7.70. The third-order valence-corrected chi connectivity index (χ3v) is 5.57. The molecular weight excluding hydrogens is 396 g/mol. The second-order valence-corrected chi connectivity index (χ2v) is 7.87. The molecule has 32 heavy (non-hydrogen) atoms. The zero-order valence-corrected chi connectivity index (χ0v) is 19.0. The third kappa shape index (κ3) is 4.59. The van der Waals surface area contributed by atoms with Crippen molar-refractivity contribution in [3.05, 3.63) is 107 Å². The minimum absolute atomic E-state index is 0.443. The maximum Gasteiger partial charge on any atom is 0.142 e. The lowest BCUT2D eigenvalue weighted by Gasteiger charge is -2.13. The van der Waals surface area contributed by atoms with Crippen LogP contribution in [0.25, 0.3) is 16.9 Å². The number of ether oxygens (including phenoxy) is 1. The molecule has 0 fully saturated rings. The van der Waals surface area contributed by atoms with Crippen LogP contribution < -0.4 is 4.74 Å². The maximum atomic E-state index is 5.69. The van der Waals surface area contributed by atoms with Crippen LogP contribution in [0, 0.1) is 13.8 Å². The van der Waals surface area contributed by atoms with Crippen LogP contribution in [0.15, 0.2) is 90.1 Å². The van der Waals surface area contributed by atoms with Crippen LogP contribution in [0.2, 0.25) is 0 Å². The van der Waals surface area contributed by atoms with Crippen LogP contribution in [0.1, 0.15) is 29.3 Å². The predicted octanol–water partition coefficient (Wildman–Crippen LogP) is 6.71. The Balaban J connectivity index is 1.71. The summed E-state index contributed by atoms with van der Waals surface area (Å²) in [6.45, 7) is 6.62. The average Bonchev–Trinajstić information content (AvgIpc) is 3.18. The molecule has 3 aromatic carbocycles. The highest BCUT2D eigenvalue weighted by atomic mass is 16.6. The van der Waals surface area contributed by atoms with Gasteiger partial charge in [-0.1, -0.05) is 71.4 Å². The lowest BCUT2D eigenvalue weighted by atomic mass is 10.1. The molecule has 0 amide bonds. The van der Waals surface area contributed by atoms with Crippen molar-refractivity contribution >= 4 is 5.71 Å². The van der Waals surface area contributed by atoms with Crippen molar-refractivity contribution in [3.8, 4) is 22.7 Å². The molecule has 0 N–H and O–H groups in total. The lowest BCUT2D eigenvalue weighted by molar-refractivity contribution is 0.130. The Labute approximate surface area is 189 Å². The quantitative estimate of drug-likeness (QED) is 0.244. The van der Waals surface area contributed by atoms with Gasteiger partial charge in [-0.15, -0.1) is 0 Å². The Kier molecular flexibility index (Phi) is 6.41. The fraction of sp³-hybridized carbons (Fsp3) is 0.179. The molecule has 1 heterocycles. The largest absolute Gasteiger partial charge is 0.497 e. The highest BCUT2D eigenvalue weighted by Crippen LogP contribution is 2.31. The molecule has 0 aliphatic heterocycles. The monoisotopic (exact) mass is 424 g/mol. The second kappa shape index (κ2) is 9.56. The molecule has 162 valence electrons. The van der Waals surface area contributed by atoms with E-state index in [-0.39, 0.29) is 0 Å². The van der Waals surface area contributed by atoms with Crippen molar-refractivity contribution in [1.29, 1.82) is 0 Å². The van der Waals surface area contributed by atoms with Gasteiger partial charge in [0, 0.05) is 23.0 Å². The first-order valence-corrected chi connectivity index (χ1v) is 10.7. The summed E-state index contributed by atoms with van der Waals surface area (Å²) in [7, 11) is 1.69. The van der Waals surface area contributed by atoms with E-state index in [9.17, 15) is 0 Å². The highest BCUT2D eigenvalue weighted by Gasteiger charge is 2.17. The van der Waals surface area contributed by atoms with Crippen LogP contribution in [0.5, 0.6) is 5.75 Å². The Morgan fingerprint density at radius 2 is 1.62 bits per heavy atom. The number of hydrogen-bond acceptors (Lipinski definition) is 3. The van der Waals surface area contributed by atoms with E-state index in [0.29, 0.717) is 6.61 Å². The number of oxime groups is 1. The topological polar surface area (TPSA) is 35.8 Å². The number of rotatable bonds is 7. The van der Waals surface area contributed by atoms with Crippen LogP contribution in [0.4, 0.5) is 0 Å². The molecule has 0 saturated carbocycles. The summed E-state index contributed by atoms with van der Waals surface area (Å²) in [5.41, 5.74) is 8.60. The first-order valence-electron chi connectivity index (χ1n) is 10.7. The molecule has 0 saturated heterocycles. The molecule has 0 aliphatic carbocycles. The van der Waals surface area contributed by atoms with E-state index in [2.05, 4.69) is 84.2 Å². The molecular formula is C28H28N2O2. The predicted molar refractivity (Wildman–Crippen MR) is 131 cm³/mol. The van der Waals surface area contributed by atoms with Crippen molar-refractivity contribution in [2.45, 2.75) is 27.4 Å². The number of benzene rings is 3. The summed E-state index contributed by atoms with van der Waals surface area (Å²) >= 11 is 0. The van der Waals surface area contributed by atoms with Gasteiger partial charge in [0.1, 0.15) is 12.4 Å². The fourth-order valence-corrected chi connectivity index (χ4v) is 3.81. The zero-order valence-electron chi connectivity index (χ0n) is 19.0. The summed E-state index contributed by atoms with van der Waals surface area (Å²) in [6.07, 6.45) is 0. The first-order chi connectivity index (χ1) is 15.6. The lowest BCUT2D eigenvalue weighted by Crippen LogP contribution is -2.03. The van der Waals surface area contributed by atoms with E-state index in [4.69, 9.17) is 9.57 Å². The Morgan fingerprint density at radius 1 is 0.875 bits per heavy atom. The summed E-state index contributed by atoms with van der Waals surface area (Å²) in [5.74, 6) is 0.822. The minimum Gasteiger partial charge on any atom is -0.497 e. The van der Waals surface area contributed by atoms with Gasteiger partial charge in [-0.25, -0.2) is 0 Å². The van der Waals surface area contributed by atoms with Gasteiger partial charge in [-0.2, -0.15) is 0 Å². The molecule has 0 unspecified atom stereocenters. The van der Waals surface area contributed by atoms with Gasteiger partial charge in [-0.05, 0) is 50.1 Å². The fourth-order valence-electron chi connectivity index (χ4n) is 3.81. The second-order valence-electron chi connectivity index (χ2n) is 7.87. The molecule has 4 heteroatoms. The average molecular weight is 425 g/mol. The van der Waals surface area contributed by atoms with Crippen molar-refractivity contribution in [1.82, 2.24) is 4.57 Å². The Morgan fingerprint density at radius 3 is 2.34 bits per heavy atom. The van der Waals surface area contributed by atoms with E-state index < -0.39 is 0 Å². The third-order valence-electron chi connectivity index (χ3n) is 5.57. The molecule has 1 aromatic heterocycles. The smallest absolute Gasteiger partial charge is 0.142 e. The minimum atomic E-state index is 0.443. The number of aryl methyl sites for hydroxylation is 1. The van der Waals surface area contributed by atoms with Crippen LogP contribution in [0.3, 0.4) is 0 Å². The zero-order chi connectivity index (χ0) is 22.5. The molecule has 0 aliphatic rings.